The van der Waals surface area contributed by atoms with E-state index in [0.29, 0.717) is 12.8 Å². The molecule has 0 aromatic rings. The minimum Gasteiger partial charge on any atom is -0.462 e. The fraction of sp³-hybridized carbons (Fsp3) is 0.818. The first-order chi connectivity index (χ1) is 9.95. The van der Waals surface area contributed by atoms with Crippen molar-refractivity contribution < 1.29 is 40.8 Å². The van der Waals surface area contributed by atoms with E-state index in [1.807, 2.05) is 0 Å². The molecule has 0 spiro atoms. The van der Waals surface area contributed by atoms with E-state index >= 15 is 0 Å². The summed E-state index contributed by atoms with van der Waals surface area (Å²) in [6.07, 6.45) is -0.466. The fourth-order valence-corrected chi connectivity index (χ4v) is 2.22. The second-order valence-corrected chi connectivity index (χ2v) is 7.69. The van der Waals surface area contributed by atoms with Gasteiger partial charge in [0.2, 0.25) is 0 Å². The lowest BCUT2D eigenvalue weighted by Crippen LogP contribution is -2.41. The third kappa shape index (κ3) is 4.85. The molecule has 0 aromatic heterocycles. The minimum absolute atomic E-state index is 0.141. The van der Waals surface area contributed by atoms with Crippen LogP contribution >= 0.6 is 15.9 Å². The van der Waals surface area contributed by atoms with Crippen molar-refractivity contribution in [2.24, 2.45) is 0 Å². The lowest BCUT2D eigenvalue weighted by molar-refractivity contribution is -0.171. The molecule has 1 aliphatic rings. The lowest BCUT2D eigenvalue weighted by Gasteiger charge is -2.29. The number of alkyl halides is 3. The van der Waals surface area contributed by atoms with Crippen LogP contribution in [-0.4, -0.2) is 47.2 Å². The van der Waals surface area contributed by atoms with E-state index in [2.05, 4.69) is 20.7 Å². The largest absolute Gasteiger partial charge is 0.465 e. The van der Waals surface area contributed by atoms with Crippen molar-refractivity contribution in [1.29, 1.82) is 0 Å². The van der Waals surface area contributed by atoms with Gasteiger partial charge in [0.25, 0.3) is 0 Å². The molecule has 0 heterocycles. The van der Waals surface area contributed by atoms with Gasteiger partial charge in [0.15, 0.2) is 0 Å². The molecule has 11 heteroatoms. The zero-order valence-electron chi connectivity index (χ0n) is 11.5. The number of ether oxygens (including phenoxy) is 2. The van der Waals surface area contributed by atoms with Crippen molar-refractivity contribution in [1.82, 2.24) is 0 Å². The summed E-state index contributed by atoms with van der Waals surface area (Å²) in [7, 11) is -5.87. The molecule has 0 amide bonds. The van der Waals surface area contributed by atoms with Crippen LogP contribution in [0.5, 0.6) is 0 Å². The minimum atomic E-state index is -5.87. The van der Waals surface area contributed by atoms with Crippen molar-refractivity contribution in [3.05, 3.63) is 0 Å². The van der Waals surface area contributed by atoms with Gasteiger partial charge in [0.1, 0.15) is 17.0 Å². The lowest BCUT2D eigenvalue weighted by atomic mass is 9.95. The third-order valence-corrected chi connectivity index (χ3v) is 4.25. The summed E-state index contributed by atoms with van der Waals surface area (Å²) in [5, 5.41) is -5.00. The summed E-state index contributed by atoms with van der Waals surface area (Å²) in [4.78, 5) is 22.0. The Morgan fingerprint density at radius 3 is 1.95 bits per heavy atom. The maximum Gasteiger partial charge on any atom is 0.465 e. The highest BCUT2D eigenvalue weighted by Crippen LogP contribution is 2.28. The molecule has 128 valence electrons. The maximum absolute atomic E-state index is 13.0. The second-order valence-electron chi connectivity index (χ2n) is 4.85. The van der Waals surface area contributed by atoms with E-state index < -0.39 is 44.3 Å². The summed E-state index contributed by atoms with van der Waals surface area (Å²) in [5.41, 5.74) is 0. The molecule has 1 aliphatic carbocycles. The van der Waals surface area contributed by atoms with Crippen LogP contribution in [0.15, 0.2) is 0 Å². The SMILES string of the molecule is CC(Br)C(=O)OC1CCC(OC(=O)C(F)(F)S(=O)(=O)O)CC1. The molecule has 1 N–H and O–H groups in total. The van der Waals surface area contributed by atoms with Gasteiger partial charge in [0, 0.05) is 0 Å². The van der Waals surface area contributed by atoms with E-state index in [-0.39, 0.29) is 12.8 Å². The average Bonchev–Trinajstić information content (AvgIpc) is 2.39. The van der Waals surface area contributed by atoms with Gasteiger partial charge in [0.05, 0.1) is 0 Å². The summed E-state index contributed by atoms with van der Waals surface area (Å²) in [5.74, 6) is -2.78. The summed E-state index contributed by atoms with van der Waals surface area (Å²) >= 11 is 3.04. The Kier molecular flexibility index (Phi) is 6.27. The normalized spacial score (nSPS) is 24.4. The second kappa shape index (κ2) is 7.18. The molecular formula is C11H15BrF2O7S. The molecular weight excluding hydrogens is 394 g/mol. The molecule has 0 radical (unpaired) electrons. The summed E-state index contributed by atoms with van der Waals surface area (Å²) in [6, 6.07) is 0. The molecule has 0 aromatic carbocycles. The highest BCUT2D eigenvalue weighted by atomic mass is 79.9. The quantitative estimate of drug-likeness (QED) is 0.418. The molecule has 0 saturated heterocycles. The van der Waals surface area contributed by atoms with Crippen LogP contribution in [0.4, 0.5) is 8.78 Å². The number of rotatable bonds is 5. The molecule has 1 unspecified atom stereocenters. The molecule has 0 bridgehead atoms. The van der Waals surface area contributed by atoms with Crippen LogP contribution in [0.25, 0.3) is 0 Å². The fourth-order valence-electron chi connectivity index (χ4n) is 1.85. The van der Waals surface area contributed by atoms with E-state index in [0.717, 1.165) is 0 Å². The van der Waals surface area contributed by atoms with Crippen molar-refractivity contribution in [2.45, 2.75) is 54.9 Å². The van der Waals surface area contributed by atoms with Gasteiger partial charge in [-0.05, 0) is 32.6 Å². The van der Waals surface area contributed by atoms with Gasteiger partial charge in [-0.15, -0.1) is 0 Å². The number of carbonyl (C=O) groups is 2. The van der Waals surface area contributed by atoms with Gasteiger partial charge in [-0.2, -0.15) is 17.2 Å². The number of hydrogen-bond donors (Lipinski definition) is 1. The Hall–Kier alpha value is -0.810. The van der Waals surface area contributed by atoms with Gasteiger partial charge < -0.3 is 9.47 Å². The van der Waals surface area contributed by atoms with Gasteiger partial charge >= 0.3 is 27.3 Å². The number of halogens is 3. The predicted molar refractivity (Wildman–Crippen MR) is 73.1 cm³/mol. The van der Waals surface area contributed by atoms with Gasteiger partial charge in [-0.1, -0.05) is 15.9 Å². The first kappa shape index (κ1) is 19.2. The molecule has 1 rings (SSSR count). The van der Waals surface area contributed by atoms with E-state index in [4.69, 9.17) is 9.29 Å². The Labute approximate surface area is 134 Å². The molecule has 22 heavy (non-hydrogen) atoms. The average molecular weight is 409 g/mol. The highest BCUT2D eigenvalue weighted by molar-refractivity contribution is 9.10. The van der Waals surface area contributed by atoms with E-state index in [1.54, 1.807) is 6.92 Å². The van der Waals surface area contributed by atoms with Crippen LogP contribution in [0.1, 0.15) is 32.6 Å². The summed E-state index contributed by atoms with van der Waals surface area (Å²) in [6.45, 7) is 1.59. The zero-order valence-corrected chi connectivity index (χ0v) is 13.9. The van der Waals surface area contributed by atoms with E-state index in [9.17, 15) is 26.8 Å². The summed E-state index contributed by atoms with van der Waals surface area (Å²) < 4.78 is 64.7. The monoisotopic (exact) mass is 408 g/mol. The zero-order chi connectivity index (χ0) is 17.1. The molecule has 1 fully saturated rings. The highest BCUT2D eigenvalue weighted by Gasteiger charge is 2.54. The Morgan fingerprint density at radius 2 is 1.59 bits per heavy atom. The predicted octanol–water partition coefficient (Wildman–Crippen LogP) is 1.65. The number of esters is 2. The first-order valence-electron chi connectivity index (χ1n) is 6.35. The van der Waals surface area contributed by atoms with Crippen molar-refractivity contribution in [2.75, 3.05) is 0 Å². The topological polar surface area (TPSA) is 107 Å². The van der Waals surface area contributed by atoms with E-state index in [1.165, 1.54) is 0 Å². The standard InChI is InChI=1S/C11H15BrF2O7S/c1-6(12)9(15)20-7-2-4-8(5-3-7)21-10(16)11(13,14)22(17,18)19/h6-8H,2-5H2,1H3,(H,17,18,19). The smallest absolute Gasteiger partial charge is 0.462 e. The van der Waals surface area contributed by atoms with Gasteiger partial charge in [-0.3, -0.25) is 9.35 Å². The molecule has 1 saturated carbocycles. The molecule has 1 atom stereocenters. The number of hydrogen-bond acceptors (Lipinski definition) is 6. The Bertz CT molecular complexity index is 527. The Morgan fingerprint density at radius 1 is 1.18 bits per heavy atom. The van der Waals surface area contributed by atoms with Crippen LogP contribution in [0.3, 0.4) is 0 Å². The molecule has 0 aliphatic heterocycles. The number of carbonyl (C=O) groups excluding carboxylic acids is 2. The van der Waals surface area contributed by atoms with Crippen LogP contribution in [0, 0.1) is 0 Å². The van der Waals surface area contributed by atoms with Crippen LogP contribution in [-0.2, 0) is 29.2 Å². The van der Waals surface area contributed by atoms with Crippen molar-refractivity contribution >= 4 is 38.0 Å². The van der Waals surface area contributed by atoms with Crippen molar-refractivity contribution in [3.63, 3.8) is 0 Å². The maximum atomic E-state index is 13.0. The Balaban J connectivity index is 2.50. The van der Waals surface area contributed by atoms with Crippen molar-refractivity contribution in [3.8, 4) is 0 Å². The van der Waals surface area contributed by atoms with Crippen LogP contribution in [0.2, 0.25) is 0 Å². The first-order valence-corrected chi connectivity index (χ1v) is 8.71. The van der Waals surface area contributed by atoms with Gasteiger partial charge in [-0.25, -0.2) is 4.79 Å². The van der Waals surface area contributed by atoms with Crippen LogP contribution < -0.4 is 0 Å². The molecule has 7 nitrogen and oxygen atoms in total. The third-order valence-electron chi connectivity index (χ3n) is 3.06.